The van der Waals surface area contributed by atoms with E-state index in [4.69, 9.17) is 4.74 Å². The van der Waals surface area contributed by atoms with Gasteiger partial charge in [-0.25, -0.2) is 4.98 Å². The molecule has 1 unspecified atom stereocenters. The van der Waals surface area contributed by atoms with E-state index in [1.165, 1.54) is 0 Å². The van der Waals surface area contributed by atoms with Crippen LogP contribution in [0.4, 0.5) is 17.5 Å². The molecule has 3 heterocycles. The van der Waals surface area contributed by atoms with E-state index in [1.54, 1.807) is 6.20 Å². The second-order valence-electron chi connectivity index (χ2n) is 6.24. The molecule has 2 aromatic heterocycles. The maximum Gasteiger partial charge on any atom is 0.229 e. The van der Waals surface area contributed by atoms with Crippen LogP contribution in [0.15, 0.2) is 42.6 Å². The maximum atomic E-state index is 5.65. The summed E-state index contributed by atoms with van der Waals surface area (Å²) in [7, 11) is 0. The zero-order valence-electron chi connectivity index (χ0n) is 14.2. The number of anilines is 3. The molecule has 4 rings (SSSR count). The highest BCUT2D eigenvalue weighted by atomic mass is 16.5. The van der Waals surface area contributed by atoms with Crippen molar-refractivity contribution in [3.8, 4) is 0 Å². The van der Waals surface area contributed by atoms with Crippen molar-refractivity contribution in [3.05, 3.63) is 48.3 Å². The molecule has 1 aliphatic rings. The lowest BCUT2D eigenvalue weighted by molar-refractivity contribution is 0.120. The molecule has 128 valence electrons. The zero-order chi connectivity index (χ0) is 17.1. The Morgan fingerprint density at radius 2 is 2.12 bits per heavy atom. The van der Waals surface area contributed by atoms with Crippen LogP contribution in [0.25, 0.3) is 10.9 Å². The standard InChI is InChI=1S/C19H21N5O/c1-13-11-17(21-12-15-7-4-10-25-15)24-19(22-13)23-16-8-2-5-14-6-3-9-20-18(14)16/h2-3,5-6,8-9,11,15H,4,7,10,12H2,1H3,(H2,21,22,23,24). The normalized spacial score (nSPS) is 16.9. The van der Waals surface area contributed by atoms with E-state index in [-0.39, 0.29) is 6.10 Å². The number of aromatic nitrogens is 3. The summed E-state index contributed by atoms with van der Waals surface area (Å²) >= 11 is 0. The van der Waals surface area contributed by atoms with Gasteiger partial charge in [0.15, 0.2) is 0 Å². The smallest absolute Gasteiger partial charge is 0.229 e. The molecule has 0 bridgehead atoms. The molecule has 3 aromatic rings. The molecule has 0 aliphatic carbocycles. The largest absolute Gasteiger partial charge is 0.376 e. The van der Waals surface area contributed by atoms with Crippen molar-refractivity contribution < 1.29 is 4.74 Å². The van der Waals surface area contributed by atoms with Crippen LogP contribution in [-0.2, 0) is 4.74 Å². The predicted molar refractivity (Wildman–Crippen MR) is 99.3 cm³/mol. The van der Waals surface area contributed by atoms with Gasteiger partial charge in [0.1, 0.15) is 5.82 Å². The number of nitrogens with one attached hydrogen (secondary N) is 2. The summed E-state index contributed by atoms with van der Waals surface area (Å²) < 4.78 is 5.65. The van der Waals surface area contributed by atoms with Crippen molar-refractivity contribution in [2.45, 2.75) is 25.9 Å². The van der Waals surface area contributed by atoms with E-state index in [0.717, 1.165) is 54.1 Å². The van der Waals surface area contributed by atoms with Crippen LogP contribution < -0.4 is 10.6 Å². The lowest BCUT2D eigenvalue weighted by Crippen LogP contribution is -2.19. The molecule has 25 heavy (non-hydrogen) atoms. The molecule has 0 amide bonds. The highest BCUT2D eigenvalue weighted by Crippen LogP contribution is 2.24. The fourth-order valence-corrected chi connectivity index (χ4v) is 3.06. The topological polar surface area (TPSA) is 72.0 Å². The van der Waals surface area contributed by atoms with Gasteiger partial charge in [0.2, 0.25) is 5.95 Å². The van der Waals surface area contributed by atoms with Gasteiger partial charge < -0.3 is 15.4 Å². The number of aryl methyl sites for hydroxylation is 1. The lowest BCUT2D eigenvalue weighted by atomic mass is 10.2. The third-order valence-electron chi connectivity index (χ3n) is 4.27. The van der Waals surface area contributed by atoms with Crippen molar-refractivity contribution in [2.24, 2.45) is 0 Å². The van der Waals surface area contributed by atoms with Crippen LogP contribution in [0.2, 0.25) is 0 Å². The number of ether oxygens (including phenoxy) is 1. The molecule has 0 saturated carbocycles. The van der Waals surface area contributed by atoms with Crippen LogP contribution >= 0.6 is 0 Å². The summed E-state index contributed by atoms with van der Waals surface area (Å²) in [5, 5.41) is 7.74. The molecule has 6 nitrogen and oxygen atoms in total. The molecule has 1 aromatic carbocycles. The first-order valence-electron chi connectivity index (χ1n) is 8.60. The molecule has 1 aliphatic heterocycles. The Morgan fingerprint density at radius 3 is 3.00 bits per heavy atom. The van der Waals surface area contributed by atoms with Crippen LogP contribution in [0.3, 0.4) is 0 Å². The Kier molecular flexibility index (Phi) is 4.43. The Balaban J connectivity index is 1.55. The van der Waals surface area contributed by atoms with Gasteiger partial charge in [-0.1, -0.05) is 18.2 Å². The van der Waals surface area contributed by atoms with Crippen molar-refractivity contribution >= 4 is 28.4 Å². The Labute approximate surface area is 146 Å². The fourth-order valence-electron chi connectivity index (χ4n) is 3.06. The summed E-state index contributed by atoms with van der Waals surface area (Å²) in [6.45, 7) is 3.59. The lowest BCUT2D eigenvalue weighted by Gasteiger charge is -2.13. The van der Waals surface area contributed by atoms with Crippen molar-refractivity contribution in [1.82, 2.24) is 15.0 Å². The van der Waals surface area contributed by atoms with E-state index < -0.39 is 0 Å². The first kappa shape index (κ1) is 15.8. The quantitative estimate of drug-likeness (QED) is 0.741. The maximum absolute atomic E-state index is 5.65. The summed E-state index contributed by atoms with van der Waals surface area (Å²) in [5.41, 5.74) is 2.71. The predicted octanol–water partition coefficient (Wildman–Crippen LogP) is 3.67. The van der Waals surface area contributed by atoms with Crippen molar-refractivity contribution in [1.29, 1.82) is 0 Å². The molecule has 0 radical (unpaired) electrons. The van der Waals surface area contributed by atoms with Gasteiger partial charge in [-0.2, -0.15) is 4.98 Å². The van der Waals surface area contributed by atoms with Gasteiger partial charge in [-0.05, 0) is 31.9 Å². The monoisotopic (exact) mass is 335 g/mol. The minimum Gasteiger partial charge on any atom is -0.376 e. The molecule has 2 N–H and O–H groups in total. The molecule has 1 atom stereocenters. The fraction of sp³-hybridized carbons (Fsp3) is 0.316. The SMILES string of the molecule is Cc1cc(NCC2CCCO2)nc(Nc2cccc3cccnc23)n1. The number of benzene rings is 1. The van der Waals surface area contributed by atoms with Crippen molar-refractivity contribution in [2.75, 3.05) is 23.8 Å². The summed E-state index contributed by atoms with van der Waals surface area (Å²) in [5.74, 6) is 1.37. The van der Waals surface area contributed by atoms with Gasteiger partial charge in [-0.15, -0.1) is 0 Å². The Bertz CT molecular complexity index is 871. The summed E-state index contributed by atoms with van der Waals surface area (Å²) in [6.07, 6.45) is 4.30. The number of hydrogen-bond donors (Lipinski definition) is 2. The van der Waals surface area contributed by atoms with Gasteiger partial charge in [-0.3, -0.25) is 4.98 Å². The number of hydrogen-bond acceptors (Lipinski definition) is 6. The molecule has 0 spiro atoms. The number of rotatable bonds is 5. The first-order chi connectivity index (χ1) is 12.3. The van der Waals surface area contributed by atoms with Gasteiger partial charge >= 0.3 is 0 Å². The van der Waals surface area contributed by atoms with E-state index in [9.17, 15) is 0 Å². The molecular formula is C19H21N5O. The third kappa shape index (κ3) is 3.69. The molecule has 1 saturated heterocycles. The second kappa shape index (κ2) is 7.03. The molecular weight excluding hydrogens is 314 g/mol. The highest BCUT2D eigenvalue weighted by Gasteiger charge is 2.15. The van der Waals surface area contributed by atoms with Crippen LogP contribution in [0, 0.1) is 6.92 Å². The second-order valence-corrected chi connectivity index (χ2v) is 6.24. The third-order valence-corrected chi connectivity index (χ3v) is 4.27. The van der Waals surface area contributed by atoms with Gasteiger partial charge in [0.25, 0.3) is 0 Å². The molecule has 6 heteroatoms. The number of fused-ring (bicyclic) bond motifs is 1. The van der Waals surface area contributed by atoms with Gasteiger partial charge in [0, 0.05) is 36.5 Å². The minimum atomic E-state index is 0.272. The highest BCUT2D eigenvalue weighted by molar-refractivity contribution is 5.91. The van der Waals surface area contributed by atoms with E-state index >= 15 is 0 Å². The average molecular weight is 335 g/mol. The van der Waals surface area contributed by atoms with Crippen LogP contribution in [0.1, 0.15) is 18.5 Å². The van der Waals surface area contributed by atoms with E-state index in [0.29, 0.717) is 5.95 Å². The van der Waals surface area contributed by atoms with E-state index in [1.807, 2.05) is 43.3 Å². The zero-order valence-corrected chi connectivity index (χ0v) is 14.2. The van der Waals surface area contributed by atoms with Gasteiger partial charge in [0.05, 0.1) is 17.3 Å². The summed E-state index contributed by atoms with van der Waals surface area (Å²) in [4.78, 5) is 13.5. The summed E-state index contributed by atoms with van der Waals surface area (Å²) in [6, 6.07) is 11.9. The van der Waals surface area contributed by atoms with Crippen LogP contribution in [-0.4, -0.2) is 34.2 Å². The molecule has 1 fully saturated rings. The minimum absolute atomic E-state index is 0.272. The Hall–Kier alpha value is -2.73. The van der Waals surface area contributed by atoms with E-state index in [2.05, 4.69) is 25.6 Å². The number of nitrogens with zero attached hydrogens (tertiary/aromatic N) is 3. The number of para-hydroxylation sites is 1. The average Bonchev–Trinajstić information content (AvgIpc) is 3.13. The number of pyridine rings is 1. The first-order valence-corrected chi connectivity index (χ1v) is 8.60. The van der Waals surface area contributed by atoms with Crippen LogP contribution in [0.5, 0.6) is 0 Å². The van der Waals surface area contributed by atoms with Crippen molar-refractivity contribution in [3.63, 3.8) is 0 Å². The Morgan fingerprint density at radius 1 is 1.20 bits per heavy atom.